The molecule has 3 rings (SSSR count). The van der Waals surface area contributed by atoms with Crippen LogP contribution in [0, 0.1) is 0 Å². The van der Waals surface area contributed by atoms with Gasteiger partial charge in [0.25, 0.3) is 0 Å². The molecule has 0 aliphatic carbocycles. The van der Waals surface area contributed by atoms with Gasteiger partial charge in [-0.05, 0) is 36.4 Å². The molecule has 0 bridgehead atoms. The average molecular weight is 354 g/mol. The summed E-state index contributed by atoms with van der Waals surface area (Å²) >= 11 is 6.04. The molecule has 1 fully saturated rings. The van der Waals surface area contributed by atoms with Crippen molar-refractivity contribution in [2.45, 2.75) is 4.90 Å². The van der Waals surface area contributed by atoms with Crippen LogP contribution in [0.5, 0.6) is 11.5 Å². The minimum absolute atomic E-state index is 0.242. The summed E-state index contributed by atoms with van der Waals surface area (Å²) in [6.07, 6.45) is 0. The van der Waals surface area contributed by atoms with Crippen molar-refractivity contribution in [2.75, 3.05) is 26.3 Å². The molecule has 122 valence electrons. The molecule has 0 radical (unpaired) electrons. The van der Waals surface area contributed by atoms with Crippen LogP contribution in [0.4, 0.5) is 0 Å². The van der Waals surface area contributed by atoms with Crippen LogP contribution in [-0.4, -0.2) is 39.0 Å². The molecule has 0 spiro atoms. The lowest BCUT2D eigenvalue weighted by Gasteiger charge is -2.26. The zero-order valence-electron chi connectivity index (χ0n) is 12.3. The first kappa shape index (κ1) is 16.3. The number of halogens is 1. The molecule has 5 nitrogen and oxygen atoms in total. The van der Waals surface area contributed by atoms with Crippen molar-refractivity contribution in [3.63, 3.8) is 0 Å². The number of sulfonamides is 1. The second-order valence-electron chi connectivity index (χ2n) is 5.02. The van der Waals surface area contributed by atoms with Crippen LogP contribution in [0.3, 0.4) is 0 Å². The van der Waals surface area contributed by atoms with Crippen LogP contribution in [0.15, 0.2) is 53.4 Å². The molecule has 1 heterocycles. The maximum Gasteiger partial charge on any atom is 0.243 e. The van der Waals surface area contributed by atoms with Crippen LogP contribution in [0.2, 0.25) is 5.02 Å². The molecule has 0 unspecified atom stereocenters. The van der Waals surface area contributed by atoms with Gasteiger partial charge in [-0.15, -0.1) is 0 Å². The summed E-state index contributed by atoms with van der Waals surface area (Å²) in [4.78, 5) is 0.242. The van der Waals surface area contributed by atoms with Gasteiger partial charge in [0.1, 0.15) is 11.5 Å². The number of ether oxygens (including phenoxy) is 2. The van der Waals surface area contributed by atoms with E-state index < -0.39 is 10.0 Å². The van der Waals surface area contributed by atoms with Gasteiger partial charge in [-0.3, -0.25) is 0 Å². The zero-order chi connectivity index (χ0) is 16.3. The Hall–Kier alpha value is -1.60. The third kappa shape index (κ3) is 3.67. The molecule has 0 atom stereocenters. The zero-order valence-corrected chi connectivity index (χ0v) is 13.9. The van der Waals surface area contributed by atoms with Gasteiger partial charge in [-0.25, -0.2) is 8.42 Å². The van der Waals surface area contributed by atoms with Gasteiger partial charge in [-0.2, -0.15) is 4.31 Å². The lowest BCUT2D eigenvalue weighted by Crippen LogP contribution is -2.40. The third-order valence-corrected chi connectivity index (χ3v) is 5.72. The maximum atomic E-state index is 12.5. The fraction of sp³-hybridized carbons (Fsp3) is 0.250. The molecular formula is C16H16ClNO4S. The van der Waals surface area contributed by atoms with Crippen molar-refractivity contribution in [1.82, 2.24) is 4.31 Å². The van der Waals surface area contributed by atoms with Gasteiger partial charge < -0.3 is 9.47 Å². The lowest BCUT2D eigenvalue weighted by atomic mass is 10.3. The summed E-state index contributed by atoms with van der Waals surface area (Å²) in [6, 6.07) is 13.4. The van der Waals surface area contributed by atoms with Gasteiger partial charge in [0, 0.05) is 13.1 Å². The highest BCUT2D eigenvalue weighted by Gasteiger charge is 2.26. The first-order valence-electron chi connectivity index (χ1n) is 7.18. The van der Waals surface area contributed by atoms with Crippen molar-refractivity contribution in [2.24, 2.45) is 0 Å². The predicted molar refractivity (Wildman–Crippen MR) is 87.5 cm³/mol. The third-order valence-electron chi connectivity index (χ3n) is 3.50. The molecule has 23 heavy (non-hydrogen) atoms. The number of nitrogens with zero attached hydrogens (tertiary/aromatic N) is 1. The van der Waals surface area contributed by atoms with E-state index >= 15 is 0 Å². The van der Waals surface area contributed by atoms with E-state index in [1.54, 1.807) is 24.3 Å². The van der Waals surface area contributed by atoms with Gasteiger partial charge in [0.2, 0.25) is 10.0 Å². The molecule has 0 saturated carbocycles. The van der Waals surface area contributed by atoms with E-state index in [1.807, 2.05) is 12.1 Å². The molecule has 7 heteroatoms. The fourth-order valence-corrected chi connectivity index (χ4v) is 3.85. The first-order chi connectivity index (χ1) is 11.1. The van der Waals surface area contributed by atoms with E-state index in [2.05, 4.69) is 0 Å². The average Bonchev–Trinajstić information content (AvgIpc) is 2.58. The van der Waals surface area contributed by atoms with Gasteiger partial charge >= 0.3 is 0 Å². The van der Waals surface area contributed by atoms with Crippen LogP contribution in [-0.2, 0) is 14.8 Å². The minimum Gasteiger partial charge on any atom is -0.456 e. The Bertz CT molecular complexity index is 771. The Labute approximate surface area is 140 Å². The molecule has 2 aromatic rings. The SMILES string of the molecule is O=S(=O)(c1ccc(Oc2ccccc2Cl)cc1)N1CCOCC1. The van der Waals surface area contributed by atoms with Crippen LogP contribution < -0.4 is 4.74 Å². The van der Waals surface area contributed by atoms with E-state index in [9.17, 15) is 8.42 Å². The molecule has 1 aliphatic rings. The van der Waals surface area contributed by atoms with Crippen LogP contribution in [0.1, 0.15) is 0 Å². The van der Waals surface area contributed by atoms with Gasteiger partial charge in [0.05, 0.1) is 23.1 Å². The summed E-state index contributed by atoms with van der Waals surface area (Å²) < 4.78 is 37.3. The number of hydrogen-bond donors (Lipinski definition) is 0. The first-order valence-corrected chi connectivity index (χ1v) is 8.99. The highest BCUT2D eigenvalue weighted by atomic mass is 35.5. The molecule has 0 N–H and O–H groups in total. The monoisotopic (exact) mass is 353 g/mol. The smallest absolute Gasteiger partial charge is 0.243 e. The molecule has 2 aromatic carbocycles. The number of benzene rings is 2. The summed E-state index contributed by atoms with van der Waals surface area (Å²) in [7, 11) is -3.49. The Balaban J connectivity index is 1.78. The van der Waals surface area contributed by atoms with Crippen molar-refractivity contribution >= 4 is 21.6 Å². The Morgan fingerprint density at radius 2 is 1.65 bits per heavy atom. The van der Waals surface area contributed by atoms with E-state index in [0.29, 0.717) is 42.8 Å². The normalized spacial score (nSPS) is 16.2. The minimum atomic E-state index is -3.49. The molecule has 1 saturated heterocycles. The Kier molecular flexibility index (Phi) is 4.87. The van der Waals surface area contributed by atoms with Crippen LogP contribution >= 0.6 is 11.6 Å². The topological polar surface area (TPSA) is 55.8 Å². The fourth-order valence-electron chi connectivity index (χ4n) is 2.27. The van der Waals surface area contributed by atoms with Crippen molar-refractivity contribution < 1.29 is 17.9 Å². The van der Waals surface area contributed by atoms with Gasteiger partial charge in [-0.1, -0.05) is 23.7 Å². The second kappa shape index (κ2) is 6.88. The highest BCUT2D eigenvalue weighted by molar-refractivity contribution is 7.89. The molecule has 1 aliphatic heterocycles. The largest absolute Gasteiger partial charge is 0.456 e. The summed E-state index contributed by atoms with van der Waals surface area (Å²) in [5.41, 5.74) is 0. The lowest BCUT2D eigenvalue weighted by molar-refractivity contribution is 0.0730. The summed E-state index contributed by atoms with van der Waals surface area (Å²) in [5, 5.41) is 0.498. The Morgan fingerprint density at radius 3 is 2.30 bits per heavy atom. The number of morpholine rings is 1. The van der Waals surface area contributed by atoms with Gasteiger partial charge in [0.15, 0.2) is 0 Å². The summed E-state index contributed by atoms with van der Waals surface area (Å²) in [5.74, 6) is 1.05. The van der Waals surface area contributed by atoms with Crippen molar-refractivity contribution in [3.8, 4) is 11.5 Å². The summed E-state index contributed by atoms with van der Waals surface area (Å²) in [6.45, 7) is 1.60. The highest BCUT2D eigenvalue weighted by Crippen LogP contribution is 2.29. The van der Waals surface area contributed by atoms with Crippen molar-refractivity contribution in [3.05, 3.63) is 53.6 Å². The number of hydrogen-bond acceptors (Lipinski definition) is 4. The number of rotatable bonds is 4. The quantitative estimate of drug-likeness (QED) is 0.847. The standard InChI is InChI=1S/C16H16ClNO4S/c17-15-3-1-2-4-16(15)22-13-5-7-14(8-6-13)23(19,20)18-9-11-21-12-10-18/h1-8H,9-12H2. The maximum absolute atomic E-state index is 12.5. The van der Waals surface area contributed by atoms with E-state index in [0.717, 1.165) is 0 Å². The predicted octanol–water partition coefficient (Wildman–Crippen LogP) is 3.15. The van der Waals surface area contributed by atoms with E-state index in [4.69, 9.17) is 21.1 Å². The molecule has 0 aromatic heterocycles. The number of para-hydroxylation sites is 1. The Morgan fingerprint density at radius 1 is 1.00 bits per heavy atom. The molecule has 0 amide bonds. The van der Waals surface area contributed by atoms with E-state index in [1.165, 1.54) is 16.4 Å². The molecular weight excluding hydrogens is 338 g/mol. The van der Waals surface area contributed by atoms with Crippen LogP contribution in [0.25, 0.3) is 0 Å². The van der Waals surface area contributed by atoms with E-state index in [-0.39, 0.29) is 4.90 Å². The second-order valence-corrected chi connectivity index (χ2v) is 7.37. The van der Waals surface area contributed by atoms with Crippen molar-refractivity contribution in [1.29, 1.82) is 0 Å².